The monoisotopic (exact) mass is 753 g/mol. The van der Waals surface area contributed by atoms with Crippen molar-refractivity contribution in [3.8, 4) is 0 Å². The molecule has 0 saturated carbocycles. The summed E-state index contributed by atoms with van der Waals surface area (Å²) >= 11 is 10.4. The summed E-state index contributed by atoms with van der Waals surface area (Å²) < 4.78 is 49.0. The Morgan fingerprint density at radius 1 is 1.12 bits per heavy atom. The number of pyridine rings is 1. The smallest absolute Gasteiger partial charge is 0.416 e. The average Bonchev–Trinajstić information content (AvgIpc) is 3.53. The van der Waals surface area contributed by atoms with Crippen molar-refractivity contribution >= 4 is 62.6 Å². The summed E-state index contributed by atoms with van der Waals surface area (Å²) in [6, 6.07) is 5.69. The standard InChI is InChI=1S/C32H36BrClF3N7O4/c1-18-14-19(32(35,36)37)15-24(38-18)44-23(10-11-26(44)45)29(46)41(6)22-9-7-8-20(34)27(22)40(5)16-21-28(33)43-13-12-42(17-25(43)39-21)30(47)48-31(2,3)4/h7-9,14-15,23H,10-13,16-17H2,1-6H3. The van der Waals surface area contributed by atoms with E-state index in [0.717, 1.165) is 21.6 Å². The second-order valence-corrected chi connectivity index (χ2v) is 14.0. The van der Waals surface area contributed by atoms with Gasteiger partial charge in [0.2, 0.25) is 11.8 Å². The highest BCUT2D eigenvalue weighted by Crippen LogP contribution is 2.39. The first-order valence-electron chi connectivity index (χ1n) is 15.2. The van der Waals surface area contributed by atoms with E-state index in [9.17, 15) is 27.6 Å². The van der Waals surface area contributed by atoms with Gasteiger partial charge in [-0.2, -0.15) is 13.2 Å². The Hall–Kier alpha value is -3.85. The van der Waals surface area contributed by atoms with Gasteiger partial charge in [-0.05, 0) is 74.3 Å². The van der Waals surface area contributed by atoms with Gasteiger partial charge in [-0.3, -0.25) is 19.4 Å². The van der Waals surface area contributed by atoms with Crippen molar-refractivity contribution in [1.29, 1.82) is 0 Å². The van der Waals surface area contributed by atoms with Crippen molar-refractivity contribution in [2.75, 3.05) is 35.3 Å². The number of rotatable bonds is 6. The maximum Gasteiger partial charge on any atom is 0.416 e. The van der Waals surface area contributed by atoms with Crippen molar-refractivity contribution in [2.45, 2.75) is 78.0 Å². The number of nitrogens with zero attached hydrogens (tertiary/aromatic N) is 7. The predicted molar refractivity (Wildman–Crippen MR) is 178 cm³/mol. The van der Waals surface area contributed by atoms with Crippen LogP contribution in [-0.4, -0.2) is 69.6 Å². The van der Waals surface area contributed by atoms with Crippen molar-refractivity contribution in [3.63, 3.8) is 0 Å². The van der Waals surface area contributed by atoms with Crippen molar-refractivity contribution < 1.29 is 32.3 Å². The molecule has 5 rings (SSSR count). The van der Waals surface area contributed by atoms with Crippen LogP contribution in [0.15, 0.2) is 34.9 Å². The lowest BCUT2D eigenvalue weighted by Crippen LogP contribution is -2.46. The Morgan fingerprint density at radius 2 is 1.83 bits per heavy atom. The van der Waals surface area contributed by atoms with Crippen LogP contribution in [0.25, 0.3) is 0 Å². The van der Waals surface area contributed by atoms with Crippen LogP contribution in [0.3, 0.4) is 0 Å². The number of hydrogen-bond acceptors (Lipinski definition) is 7. The summed E-state index contributed by atoms with van der Waals surface area (Å²) in [5.74, 6) is -0.539. The number of para-hydroxylation sites is 1. The fourth-order valence-electron chi connectivity index (χ4n) is 5.87. The fourth-order valence-corrected chi connectivity index (χ4v) is 6.78. The summed E-state index contributed by atoms with van der Waals surface area (Å²) in [6.07, 6.45) is -4.98. The molecule has 48 heavy (non-hydrogen) atoms. The maximum absolute atomic E-state index is 14.0. The van der Waals surface area contributed by atoms with E-state index in [1.165, 1.54) is 18.9 Å². The Balaban J connectivity index is 1.39. The fraction of sp³-hybridized carbons (Fsp3) is 0.469. The van der Waals surface area contributed by atoms with Gasteiger partial charge in [-0.1, -0.05) is 17.7 Å². The van der Waals surface area contributed by atoms with Crippen LogP contribution in [0, 0.1) is 6.92 Å². The first kappa shape index (κ1) is 35.5. The first-order valence-corrected chi connectivity index (χ1v) is 16.4. The highest BCUT2D eigenvalue weighted by molar-refractivity contribution is 9.10. The van der Waals surface area contributed by atoms with Crippen LogP contribution >= 0.6 is 27.5 Å². The molecule has 0 radical (unpaired) electrons. The van der Waals surface area contributed by atoms with Gasteiger partial charge in [0.1, 0.15) is 27.9 Å². The minimum Gasteiger partial charge on any atom is -0.444 e. The lowest BCUT2D eigenvalue weighted by Gasteiger charge is -2.31. The second-order valence-electron chi connectivity index (χ2n) is 12.9. The Bertz CT molecular complexity index is 1760. The second kappa shape index (κ2) is 13.2. The zero-order valence-electron chi connectivity index (χ0n) is 27.4. The molecule has 3 aromatic rings. The lowest BCUT2D eigenvalue weighted by atomic mass is 10.1. The number of halogens is 5. The molecule has 2 aliphatic heterocycles. The third-order valence-corrected chi connectivity index (χ3v) is 9.26. The molecule has 1 aromatic carbocycles. The van der Waals surface area contributed by atoms with Crippen LogP contribution in [0.2, 0.25) is 5.02 Å². The molecule has 11 nitrogen and oxygen atoms in total. The molecule has 0 bridgehead atoms. The number of aryl methyl sites for hydroxylation is 1. The molecule has 3 amide bonds. The summed E-state index contributed by atoms with van der Waals surface area (Å²) in [7, 11) is 3.33. The van der Waals surface area contributed by atoms with Crippen molar-refractivity contribution in [2.24, 2.45) is 0 Å². The molecule has 16 heteroatoms. The number of hydrogen-bond donors (Lipinski definition) is 0. The van der Waals surface area contributed by atoms with Crippen LogP contribution in [-0.2, 0) is 40.1 Å². The number of carbonyl (C=O) groups is 3. The Morgan fingerprint density at radius 3 is 2.50 bits per heavy atom. The van der Waals surface area contributed by atoms with E-state index in [-0.39, 0.29) is 37.4 Å². The Kier molecular flexibility index (Phi) is 9.77. The highest BCUT2D eigenvalue weighted by Gasteiger charge is 2.41. The average molecular weight is 755 g/mol. The van der Waals surface area contributed by atoms with Crippen LogP contribution in [0.5, 0.6) is 0 Å². The van der Waals surface area contributed by atoms with Gasteiger partial charge in [-0.15, -0.1) is 0 Å². The molecule has 1 fully saturated rings. The number of alkyl halides is 3. The number of carbonyl (C=O) groups excluding carboxylic acids is 3. The van der Waals surface area contributed by atoms with Crippen molar-refractivity contribution in [1.82, 2.24) is 19.4 Å². The summed E-state index contributed by atoms with van der Waals surface area (Å²) in [5.41, 5.74) is 0.109. The van der Waals surface area contributed by atoms with Gasteiger partial charge in [0.25, 0.3) is 0 Å². The van der Waals surface area contributed by atoms with Crippen LogP contribution < -0.4 is 14.7 Å². The van der Waals surface area contributed by atoms with E-state index in [2.05, 4.69) is 20.9 Å². The lowest BCUT2D eigenvalue weighted by molar-refractivity contribution is -0.137. The Labute approximate surface area is 289 Å². The molecule has 0 spiro atoms. The minimum absolute atomic E-state index is 0.0199. The largest absolute Gasteiger partial charge is 0.444 e. The molecule has 1 unspecified atom stereocenters. The highest BCUT2D eigenvalue weighted by atomic mass is 79.9. The topological polar surface area (TPSA) is 104 Å². The quantitative estimate of drug-likeness (QED) is 0.281. The number of aromatic nitrogens is 3. The number of amides is 3. The van der Waals surface area contributed by atoms with Crippen molar-refractivity contribution in [3.05, 3.63) is 62.7 Å². The zero-order valence-corrected chi connectivity index (χ0v) is 29.7. The summed E-state index contributed by atoms with van der Waals surface area (Å²) in [5, 5.41) is 0.348. The van der Waals surface area contributed by atoms with Gasteiger partial charge < -0.3 is 19.1 Å². The van der Waals surface area contributed by atoms with E-state index < -0.39 is 41.3 Å². The predicted octanol–water partition coefficient (Wildman–Crippen LogP) is 6.57. The van der Waals surface area contributed by atoms with E-state index in [1.54, 1.807) is 30.1 Å². The molecular formula is C32H36BrClF3N7O4. The molecule has 4 heterocycles. The molecule has 258 valence electrons. The van der Waals surface area contributed by atoms with E-state index in [1.807, 2.05) is 30.2 Å². The number of benzene rings is 1. The normalized spacial score (nSPS) is 16.6. The summed E-state index contributed by atoms with van der Waals surface area (Å²) in [6.45, 7) is 8.34. The van der Waals surface area contributed by atoms with Crippen LogP contribution in [0.1, 0.15) is 56.4 Å². The van der Waals surface area contributed by atoms with E-state index >= 15 is 0 Å². The van der Waals surface area contributed by atoms with Gasteiger partial charge in [0, 0.05) is 39.3 Å². The SMILES string of the molecule is Cc1cc(C(F)(F)F)cc(N2C(=O)CCC2C(=O)N(C)c2cccc(Cl)c2N(C)Cc2nc3n(c2Br)CCN(C(=O)OC(C)(C)C)C3)n1. The van der Waals surface area contributed by atoms with Gasteiger partial charge in [0.15, 0.2) is 0 Å². The molecule has 2 aromatic heterocycles. The molecule has 2 aliphatic rings. The maximum atomic E-state index is 14.0. The molecular weight excluding hydrogens is 719 g/mol. The molecule has 1 atom stereocenters. The third-order valence-electron chi connectivity index (χ3n) is 8.07. The van der Waals surface area contributed by atoms with Gasteiger partial charge >= 0.3 is 12.3 Å². The number of fused-ring (bicyclic) bond motifs is 1. The molecule has 0 aliphatic carbocycles. The van der Waals surface area contributed by atoms with E-state index in [4.69, 9.17) is 21.3 Å². The number of anilines is 3. The van der Waals surface area contributed by atoms with Gasteiger partial charge in [0.05, 0.1) is 40.7 Å². The first-order chi connectivity index (χ1) is 22.4. The zero-order chi connectivity index (χ0) is 35.3. The summed E-state index contributed by atoms with van der Waals surface area (Å²) in [4.78, 5) is 54.5. The molecule has 0 N–H and O–H groups in total. The van der Waals surface area contributed by atoms with Gasteiger partial charge in [-0.25, -0.2) is 14.8 Å². The third kappa shape index (κ3) is 7.26. The van der Waals surface area contributed by atoms with Crippen LogP contribution in [0.4, 0.5) is 35.2 Å². The number of likely N-dealkylation sites (N-methyl/N-ethyl adjacent to an activating group) is 1. The van der Waals surface area contributed by atoms with E-state index in [0.29, 0.717) is 41.0 Å². The number of ether oxygens (including phenoxy) is 1. The number of imidazole rings is 1. The minimum atomic E-state index is -4.65. The molecule has 1 saturated heterocycles.